The lowest BCUT2D eigenvalue weighted by atomic mass is 9.98. The van der Waals surface area contributed by atoms with E-state index in [1.807, 2.05) is 25.1 Å². The van der Waals surface area contributed by atoms with Gasteiger partial charge in [0.15, 0.2) is 11.5 Å². The Labute approximate surface area is 186 Å². The van der Waals surface area contributed by atoms with E-state index in [1.54, 1.807) is 40.2 Å². The SMILES string of the molecule is COc1c(C)c(OC)c2c(c1OC)C(=O)[C@@]1(OC)[C@@H]3[C@H](CN21)N3CSc1ccccc1. The van der Waals surface area contributed by atoms with E-state index >= 15 is 0 Å². The van der Waals surface area contributed by atoms with Gasteiger partial charge in [0.1, 0.15) is 5.75 Å². The van der Waals surface area contributed by atoms with Crippen molar-refractivity contribution >= 4 is 23.2 Å². The summed E-state index contributed by atoms with van der Waals surface area (Å²) in [5.74, 6) is 2.29. The Kier molecular flexibility index (Phi) is 4.84. The number of carbonyl (C=O) groups excluding carboxylic acids is 1. The van der Waals surface area contributed by atoms with Gasteiger partial charge in [-0.3, -0.25) is 9.69 Å². The van der Waals surface area contributed by atoms with Crippen LogP contribution in [0.3, 0.4) is 0 Å². The summed E-state index contributed by atoms with van der Waals surface area (Å²) in [6.07, 6.45) is 0. The fourth-order valence-electron chi connectivity index (χ4n) is 5.31. The minimum atomic E-state index is -1.08. The molecule has 0 amide bonds. The molecule has 8 heteroatoms. The Balaban J connectivity index is 1.53. The summed E-state index contributed by atoms with van der Waals surface area (Å²) in [5.41, 5.74) is 0.943. The first kappa shape index (κ1) is 20.5. The molecule has 0 bridgehead atoms. The molecular weight excluding hydrogens is 416 g/mol. The molecule has 0 radical (unpaired) electrons. The van der Waals surface area contributed by atoms with E-state index in [9.17, 15) is 4.79 Å². The van der Waals surface area contributed by atoms with Gasteiger partial charge in [-0.05, 0) is 19.1 Å². The van der Waals surface area contributed by atoms with E-state index in [-0.39, 0.29) is 17.9 Å². The number of rotatable bonds is 7. The number of Topliss-reactive ketones (excluding diaryl/α,β-unsaturated/α-hetero) is 1. The van der Waals surface area contributed by atoms with E-state index < -0.39 is 5.72 Å². The first-order chi connectivity index (χ1) is 15.0. The molecular formula is C23H26N2O5S. The number of nitrogens with zero attached hydrogens (tertiary/aromatic N) is 2. The molecule has 0 aromatic heterocycles. The second-order valence-corrected chi connectivity index (χ2v) is 8.92. The Morgan fingerprint density at radius 3 is 2.32 bits per heavy atom. The number of ketones is 1. The van der Waals surface area contributed by atoms with E-state index in [0.717, 1.165) is 17.1 Å². The van der Waals surface area contributed by atoms with Gasteiger partial charge in [-0.25, -0.2) is 0 Å². The van der Waals surface area contributed by atoms with Crippen molar-refractivity contribution in [3.63, 3.8) is 0 Å². The van der Waals surface area contributed by atoms with Gasteiger partial charge in [0.2, 0.25) is 11.5 Å². The van der Waals surface area contributed by atoms with Crippen LogP contribution >= 0.6 is 11.8 Å². The Bertz CT molecular complexity index is 1050. The second-order valence-electron chi connectivity index (χ2n) is 7.90. The molecule has 7 nitrogen and oxygen atoms in total. The van der Waals surface area contributed by atoms with Gasteiger partial charge in [-0.15, -0.1) is 11.8 Å². The summed E-state index contributed by atoms with van der Waals surface area (Å²) >= 11 is 1.77. The van der Waals surface area contributed by atoms with Crippen molar-refractivity contribution in [1.82, 2.24) is 4.90 Å². The zero-order chi connectivity index (χ0) is 21.9. The molecule has 3 aliphatic rings. The average Bonchev–Trinajstić information content (AvgIpc) is 3.28. The summed E-state index contributed by atoms with van der Waals surface area (Å²) in [5, 5.41) is 0. The molecule has 2 aromatic carbocycles. The number of thioether (sulfide) groups is 1. The van der Waals surface area contributed by atoms with Crippen molar-refractivity contribution in [2.45, 2.75) is 29.6 Å². The maximum absolute atomic E-state index is 13.9. The summed E-state index contributed by atoms with van der Waals surface area (Å²) < 4.78 is 23.0. The number of hydrogen-bond acceptors (Lipinski definition) is 8. The van der Waals surface area contributed by atoms with Gasteiger partial charge >= 0.3 is 0 Å². The van der Waals surface area contributed by atoms with Crippen molar-refractivity contribution in [3.8, 4) is 17.2 Å². The van der Waals surface area contributed by atoms with Gasteiger partial charge < -0.3 is 23.8 Å². The fraction of sp³-hybridized carbons (Fsp3) is 0.435. The number of piperazine rings is 1. The van der Waals surface area contributed by atoms with Crippen LogP contribution in [-0.2, 0) is 4.74 Å². The first-order valence-electron chi connectivity index (χ1n) is 10.2. The number of hydrogen-bond donors (Lipinski definition) is 0. The molecule has 2 fully saturated rings. The Morgan fingerprint density at radius 1 is 1.03 bits per heavy atom. The van der Waals surface area contributed by atoms with Crippen LogP contribution in [0.5, 0.6) is 17.2 Å². The third kappa shape index (κ3) is 2.58. The third-order valence-electron chi connectivity index (χ3n) is 6.67. The zero-order valence-electron chi connectivity index (χ0n) is 18.3. The molecule has 2 aromatic rings. The highest BCUT2D eigenvalue weighted by atomic mass is 32.2. The Morgan fingerprint density at radius 2 is 1.71 bits per heavy atom. The molecule has 5 rings (SSSR count). The maximum Gasteiger partial charge on any atom is 0.223 e. The van der Waals surface area contributed by atoms with E-state index in [4.69, 9.17) is 18.9 Å². The highest BCUT2D eigenvalue weighted by molar-refractivity contribution is 7.99. The predicted octanol–water partition coefficient (Wildman–Crippen LogP) is 3.18. The summed E-state index contributed by atoms with van der Waals surface area (Å²) in [6, 6.07) is 10.5. The van der Waals surface area contributed by atoms with Crippen LogP contribution < -0.4 is 19.1 Å². The molecule has 3 aliphatic heterocycles. The molecule has 3 heterocycles. The number of methoxy groups -OCH3 is 4. The van der Waals surface area contributed by atoms with Crippen molar-refractivity contribution < 1.29 is 23.7 Å². The van der Waals surface area contributed by atoms with Crippen LogP contribution in [0.1, 0.15) is 15.9 Å². The predicted molar refractivity (Wildman–Crippen MR) is 119 cm³/mol. The quantitative estimate of drug-likeness (QED) is 0.479. The fourth-order valence-corrected chi connectivity index (χ4v) is 6.31. The van der Waals surface area contributed by atoms with Crippen LogP contribution in [0, 0.1) is 6.92 Å². The number of ether oxygens (including phenoxy) is 4. The maximum atomic E-state index is 13.9. The highest BCUT2D eigenvalue weighted by Crippen LogP contribution is 2.62. The summed E-state index contributed by atoms with van der Waals surface area (Å²) in [6.45, 7) is 2.61. The van der Waals surface area contributed by atoms with E-state index in [2.05, 4.69) is 21.9 Å². The monoisotopic (exact) mass is 442 g/mol. The third-order valence-corrected chi connectivity index (χ3v) is 7.70. The van der Waals surface area contributed by atoms with Crippen LogP contribution in [-0.4, -0.2) is 69.4 Å². The number of benzene rings is 2. The highest BCUT2D eigenvalue weighted by Gasteiger charge is 2.75. The molecule has 0 spiro atoms. The minimum absolute atomic E-state index is 0.0191. The number of anilines is 1. The lowest BCUT2D eigenvalue weighted by molar-refractivity contribution is 0.00240. The van der Waals surface area contributed by atoms with Crippen LogP contribution in [0.4, 0.5) is 5.69 Å². The topological polar surface area (TPSA) is 60.2 Å². The van der Waals surface area contributed by atoms with Gasteiger partial charge in [0.05, 0.1) is 44.5 Å². The first-order valence-corrected chi connectivity index (χ1v) is 11.2. The van der Waals surface area contributed by atoms with Crippen molar-refractivity contribution in [1.29, 1.82) is 0 Å². The van der Waals surface area contributed by atoms with Gasteiger partial charge in [-0.2, -0.15) is 0 Å². The summed E-state index contributed by atoms with van der Waals surface area (Å²) in [4.78, 5) is 19.5. The minimum Gasteiger partial charge on any atom is -0.494 e. The van der Waals surface area contributed by atoms with Crippen LogP contribution in [0.2, 0.25) is 0 Å². The lowest BCUT2D eigenvalue weighted by Crippen LogP contribution is -2.55. The Hall–Kier alpha value is -2.42. The molecule has 2 saturated heterocycles. The zero-order valence-corrected chi connectivity index (χ0v) is 19.1. The van der Waals surface area contributed by atoms with Crippen LogP contribution in [0.25, 0.3) is 0 Å². The average molecular weight is 443 g/mol. The second kappa shape index (κ2) is 7.32. The van der Waals surface area contributed by atoms with Crippen molar-refractivity contribution in [2.75, 3.05) is 45.8 Å². The molecule has 31 heavy (non-hydrogen) atoms. The van der Waals surface area contributed by atoms with E-state index in [0.29, 0.717) is 29.4 Å². The molecule has 0 aliphatic carbocycles. The standard InChI is InChI=1S/C23H26N2O5S/c1-13-18(27-2)17-16(20(29-4)19(13)28-3)22(26)23(30-5)21-15(11-25(17)23)24(21)12-31-14-9-7-6-8-10-14/h6-10,15,21H,11-12H2,1-5H3/t15-,21-,23-,24?/m0/s1. The van der Waals surface area contributed by atoms with Crippen LogP contribution in [0.15, 0.2) is 35.2 Å². The normalized spacial score (nSPS) is 27.6. The molecule has 0 N–H and O–H groups in total. The van der Waals surface area contributed by atoms with Gasteiger partial charge in [-0.1, -0.05) is 18.2 Å². The van der Waals surface area contributed by atoms with E-state index in [1.165, 1.54) is 4.90 Å². The van der Waals surface area contributed by atoms with Crippen molar-refractivity contribution in [2.24, 2.45) is 0 Å². The number of carbonyl (C=O) groups is 1. The molecule has 4 atom stereocenters. The van der Waals surface area contributed by atoms with Gasteiger partial charge in [0.25, 0.3) is 0 Å². The number of fused-ring (bicyclic) bond motifs is 5. The smallest absolute Gasteiger partial charge is 0.223 e. The molecule has 1 unspecified atom stereocenters. The van der Waals surface area contributed by atoms with Gasteiger partial charge in [0, 0.05) is 30.2 Å². The lowest BCUT2D eigenvalue weighted by Gasteiger charge is -2.35. The van der Waals surface area contributed by atoms with Crippen molar-refractivity contribution in [3.05, 3.63) is 41.5 Å². The molecule has 0 saturated carbocycles. The summed E-state index contributed by atoms with van der Waals surface area (Å²) in [7, 11) is 6.36. The molecule has 164 valence electrons. The largest absolute Gasteiger partial charge is 0.494 e.